The van der Waals surface area contributed by atoms with Crippen LogP contribution in [0.4, 0.5) is 9.39 Å². The molecule has 0 radical (unpaired) electrons. The lowest BCUT2D eigenvalue weighted by molar-refractivity contribution is 0.0601. The number of methoxy groups -OCH3 is 1. The van der Waals surface area contributed by atoms with Gasteiger partial charge in [-0.1, -0.05) is 12.1 Å². The molecule has 146 valence electrons. The number of rotatable bonds is 6. The predicted molar refractivity (Wildman–Crippen MR) is 108 cm³/mol. The van der Waals surface area contributed by atoms with Crippen molar-refractivity contribution in [2.45, 2.75) is 20.5 Å². The Morgan fingerprint density at radius 2 is 1.96 bits per heavy atom. The fraction of sp³-hybridized carbons (Fsp3) is 0.200. The highest BCUT2D eigenvalue weighted by Gasteiger charge is 2.22. The van der Waals surface area contributed by atoms with Crippen LogP contribution in [0.2, 0.25) is 0 Å². The van der Waals surface area contributed by atoms with Crippen LogP contribution in [0.3, 0.4) is 0 Å². The monoisotopic (exact) mass is 419 g/mol. The molecule has 1 N–H and O–H groups in total. The summed E-state index contributed by atoms with van der Waals surface area (Å²) < 4.78 is 23.9. The first-order chi connectivity index (χ1) is 13.4. The molecule has 0 saturated carbocycles. The molecule has 8 heteroatoms. The fourth-order valence-electron chi connectivity index (χ4n) is 2.52. The van der Waals surface area contributed by atoms with Crippen LogP contribution in [0.15, 0.2) is 35.7 Å². The summed E-state index contributed by atoms with van der Waals surface area (Å²) in [4.78, 5) is 26.0. The number of para-hydroxylation sites is 1. The molecule has 0 aliphatic heterocycles. The lowest BCUT2D eigenvalue weighted by Crippen LogP contribution is -2.13. The summed E-state index contributed by atoms with van der Waals surface area (Å²) in [6, 6.07) is 7.84. The van der Waals surface area contributed by atoms with Crippen molar-refractivity contribution in [2.24, 2.45) is 0 Å². The van der Waals surface area contributed by atoms with Gasteiger partial charge in [0.05, 0.1) is 17.6 Å². The molecule has 2 aromatic heterocycles. The highest BCUT2D eigenvalue weighted by atomic mass is 32.1. The molecule has 0 atom stereocenters. The molecule has 5 nitrogen and oxygen atoms in total. The average Bonchev–Trinajstić information content (AvgIpc) is 3.26. The lowest BCUT2D eigenvalue weighted by Gasteiger charge is -2.05. The average molecular weight is 419 g/mol. The van der Waals surface area contributed by atoms with Gasteiger partial charge in [0, 0.05) is 10.4 Å². The number of benzene rings is 1. The molecule has 0 unspecified atom stereocenters. The second-order valence-electron chi connectivity index (χ2n) is 5.97. The van der Waals surface area contributed by atoms with E-state index >= 15 is 0 Å². The van der Waals surface area contributed by atoms with Gasteiger partial charge in [-0.2, -0.15) is 0 Å². The van der Waals surface area contributed by atoms with Crippen molar-refractivity contribution in [1.29, 1.82) is 0 Å². The number of esters is 1. The molecule has 0 aliphatic rings. The fourth-order valence-corrected chi connectivity index (χ4v) is 4.36. The molecule has 0 bridgehead atoms. The Bertz CT molecular complexity index is 1030. The number of amides is 1. The van der Waals surface area contributed by atoms with Gasteiger partial charge in [0.1, 0.15) is 11.6 Å². The second kappa shape index (κ2) is 8.53. The number of carbonyl (C=O) groups is 2. The van der Waals surface area contributed by atoms with Crippen LogP contribution < -0.4 is 10.1 Å². The number of aryl methyl sites for hydroxylation is 1. The normalized spacial score (nSPS) is 10.6. The van der Waals surface area contributed by atoms with E-state index in [1.807, 2.05) is 13.8 Å². The molecule has 0 fully saturated rings. The molecule has 3 aromatic rings. The van der Waals surface area contributed by atoms with Gasteiger partial charge in [-0.25, -0.2) is 9.18 Å². The standard InChI is InChI=1S/C20H18FNO4S2/c1-11-12(2)28-19(17(11)20(24)25-3)22-18(23)16-8-13(10-27-16)9-26-15-7-5-4-6-14(15)21/h4-8,10H,9H2,1-3H3,(H,22,23). The van der Waals surface area contributed by atoms with Gasteiger partial charge in [0.25, 0.3) is 5.91 Å². The first-order valence-corrected chi connectivity index (χ1v) is 10.0. The van der Waals surface area contributed by atoms with Crippen LogP contribution in [-0.4, -0.2) is 19.0 Å². The number of carbonyl (C=O) groups excluding carboxylic acids is 2. The van der Waals surface area contributed by atoms with Gasteiger partial charge >= 0.3 is 5.97 Å². The summed E-state index contributed by atoms with van der Waals surface area (Å²) in [7, 11) is 1.31. The molecule has 28 heavy (non-hydrogen) atoms. The summed E-state index contributed by atoms with van der Waals surface area (Å²) in [5, 5.41) is 5.03. The zero-order valence-electron chi connectivity index (χ0n) is 15.5. The number of halogens is 1. The molecule has 1 amide bonds. The Morgan fingerprint density at radius 1 is 1.21 bits per heavy atom. The van der Waals surface area contributed by atoms with Crippen molar-refractivity contribution in [3.8, 4) is 5.75 Å². The summed E-state index contributed by atoms with van der Waals surface area (Å²) in [6.45, 7) is 3.85. The van der Waals surface area contributed by atoms with E-state index in [2.05, 4.69) is 5.32 Å². The Kier molecular flexibility index (Phi) is 6.11. The van der Waals surface area contributed by atoms with E-state index in [0.29, 0.717) is 15.4 Å². The number of nitrogens with one attached hydrogen (secondary N) is 1. The van der Waals surface area contributed by atoms with Crippen molar-refractivity contribution < 1.29 is 23.5 Å². The maximum atomic E-state index is 13.6. The molecule has 1 aromatic carbocycles. The van der Waals surface area contributed by atoms with E-state index in [4.69, 9.17) is 9.47 Å². The molecule has 2 heterocycles. The van der Waals surface area contributed by atoms with Crippen LogP contribution in [0, 0.1) is 19.7 Å². The van der Waals surface area contributed by atoms with E-state index in [0.717, 1.165) is 16.0 Å². The van der Waals surface area contributed by atoms with Crippen LogP contribution in [-0.2, 0) is 11.3 Å². The highest BCUT2D eigenvalue weighted by molar-refractivity contribution is 7.17. The summed E-state index contributed by atoms with van der Waals surface area (Å²) in [5.74, 6) is -1.09. The Labute approximate surface area is 169 Å². The van der Waals surface area contributed by atoms with E-state index in [1.54, 1.807) is 29.6 Å². The van der Waals surface area contributed by atoms with Gasteiger partial charge in [0.15, 0.2) is 11.6 Å². The molecule has 3 rings (SSSR count). The van der Waals surface area contributed by atoms with Gasteiger partial charge in [-0.3, -0.25) is 4.79 Å². The van der Waals surface area contributed by atoms with Gasteiger partial charge in [-0.15, -0.1) is 22.7 Å². The van der Waals surface area contributed by atoms with Crippen molar-refractivity contribution >= 4 is 39.6 Å². The van der Waals surface area contributed by atoms with E-state index in [9.17, 15) is 14.0 Å². The van der Waals surface area contributed by atoms with Crippen LogP contribution >= 0.6 is 22.7 Å². The first kappa shape index (κ1) is 20.0. The number of thiophene rings is 2. The van der Waals surface area contributed by atoms with Crippen LogP contribution in [0.25, 0.3) is 0 Å². The van der Waals surface area contributed by atoms with Crippen molar-refractivity contribution in [1.82, 2.24) is 0 Å². The number of hydrogen-bond acceptors (Lipinski definition) is 6. The lowest BCUT2D eigenvalue weighted by atomic mass is 10.1. The smallest absolute Gasteiger partial charge is 0.341 e. The maximum absolute atomic E-state index is 13.6. The molecular weight excluding hydrogens is 401 g/mol. The third-order valence-electron chi connectivity index (χ3n) is 4.11. The van der Waals surface area contributed by atoms with E-state index in [-0.39, 0.29) is 18.3 Å². The van der Waals surface area contributed by atoms with E-state index < -0.39 is 11.8 Å². The minimum absolute atomic E-state index is 0.148. The van der Waals surface area contributed by atoms with E-state index in [1.165, 1.54) is 35.8 Å². The molecular formula is C20H18FNO4S2. The summed E-state index contributed by atoms with van der Waals surface area (Å²) in [5.41, 5.74) is 1.92. The largest absolute Gasteiger partial charge is 0.486 e. The molecule has 0 saturated heterocycles. The second-order valence-corrected chi connectivity index (χ2v) is 8.11. The zero-order valence-corrected chi connectivity index (χ0v) is 17.1. The van der Waals surface area contributed by atoms with Gasteiger partial charge < -0.3 is 14.8 Å². The number of ether oxygens (including phenoxy) is 2. The van der Waals surface area contributed by atoms with Crippen molar-refractivity contribution in [2.75, 3.05) is 12.4 Å². The number of anilines is 1. The predicted octanol–water partition coefficient (Wildman–Crippen LogP) is 5.18. The van der Waals surface area contributed by atoms with Gasteiger partial charge in [-0.05, 0) is 43.0 Å². The quantitative estimate of drug-likeness (QED) is 0.559. The highest BCUT2D eigenvalue weighted by Crippen LogP contribution is 2.33. The van der Waals surface area contributed by atoms with Crippen LogP contribution in [0.1, 0.15) is 36.0 Å². The molecule has 0 aliphatic carbocycles. The van der Waals surface area contributed by atoms with Crippen LogP contribution in [0.5, 0.6) is 5.75 Å². The summed E-state index contributed by atoms with van der Waals surface area (Å²) >= 11 is 2.58. The SMILES string of the molecule is COC(=O)c1c(NC(=O)c2cc(COc3ccccc3F)cs2)sc(C)c1C. The Hall–Kier alpha value is -2.71. The minimum Gasteiger partial charge on any atom is -0.486 e. The Morgan fingerprint density at radius 3 is 2.68 bits per heavy atom. The Balaban J connectivity index is 1.71. The zero-order chi connectivity index (χ0) is 20.3. The molecule has 0 spiro atoms. The van der Waals surface area contributed by atoms with Crippen molar-refractivity contribution in [3.05, 3.63) is 68.0 Å². The van der Waals surface area contributed by atoms with Gasteiger partial charge in [0.2, 0.25) is 0 Å². The third-order valence-corrected chi connectivity index (χ3v) is 6.21. The topological polar surface area (TPSA) is 64.6 Å². The third kappa shape index (κ3) is 4.23. The number of hydrogen-bond donors (Lipinski definition) is 1. The van der Waals surface area contributed by atoms with Crippen molar-refractivity contribution in [3.63, 3.8) is 0 Å². The minimum atomic E-state index is -0.484. The first-order valence-electron chi connectivity index (χ1n) is 8.35. The maximum Gasteiger partial charge on any atom is 0.341 e. The summed E-state index contributed by atoms with van der Waals surface area (Å²) in [6.07, 6.45) is 0.